The number of hydrogen-bond acceptors (Lipinski definition) is 10. The van der Waals surface area contributed by atoms with Crippen LogP contribution in [0.2, 0.25) is 0 Å². The summed E-state index contributed by atoms with van der Waals surface area (Å²) in [4.78, 5) is 26.7. The third-order valence-corrected chi connectivity index (χ3v) is 9.22. The zero-order valence-electron chi connectivity index (χ0n) is 25.4. The van der Waals surface area contributed by atoms with E-state index in [-0.39, 0.29) is 24.3 Å². The van der Waals surface area contributed by atoms with Gasteiger partial charge in [0, 0.05) is 36.8 Å². The highest BCUT2D eigenvalue weighted by Gasteiger charge is 2.49. The van der Waals surface area contributed by atoms with Crippen LogP contribution in [0.1, 0.15) is 74.7 Å². The van der Waals surface area contributed by atoms with Crippen LogP contribution in [0.25, 0.3) is 0 Å². The number of Topliss-reactive ketones (excluding diaryl/α,β-unsaturated/α-hetero) is 1. The van der Waals surface area contributed by atoms with E-state index in [9.17, 15) is 24.9 Å². The maximum atomic E-state index is 13.5. The molecule has 0 unspecified atom stereocenters. The molecule has 4 N–H and O–H groups in total. The van der Waals surface area contributed by atoms with Crippen molar-refractivity contribution < 1.29 is 43.9 Å². The second-order valence-corrected chi connectivity index (χ2v) is 12.2. The summed E-state index contributed by atoms with van der Waals surface area (Å²) in [6.45, 7) is 14.2. The van der Waals surface area contributed by atoms with Crippen molar-refractivity contribution in [3.63, 3.8) is 0 Å². The quantitative estimate of drug-likeness (QED) is 0.370. The first kappa shape index (κ1) is 34.1. The molecule has 0 aliphatic carbocycles. The summed E-state index contributed by atoms with van der Waals surface area (Å²) in [6, 6.07) is -0.268. The third kappa shape index (κ3) is 7.58. The predicted molar refractivity (Wildman–Crippen MR) is 146 cm³/mol. The molecule has 14 atom stereocenters. The summed E-state index contributed by atoms with van der Waals surface area (Å²) in [7, 11) is 3.27. The first-order valence-electron chi connectivity index (χ1n) is 14.4. The van der Waals surface area contributed by atoms with Crippen LogP contribution in [0.5, 0.6) is 0 Å². The SMILES string of the molecule is CC[C@H]1OC(=O)[C@H](C)[C@@H](O)[C@H](C)[C@@H](O[C@@H]2O[C@H](C)C[C@H](NC)[C@H]2O)[C@@](C)(OC)C[C@@H](C)C(=O)[C@H](C)[C@@H](O)[C@H]1C. The lowest BCUT2D eigenvalue weighted by atomic mass is 9.74. The molecule has 0 amide bonds. The second kappa shape index (κ2) is 14.2. The summed E-state index contributed by atoms with van der Waals surface area (Å²) in [5.41, 5.74) is -1.12. The van der Waals surface area contributed by atoms with Crippen LogP contribution in [0.4, 0.5) is 0 Å². The molecule has 0 saturated carbocycles. The van der Waals surface area contributed by atoms with E-state index in [0.29, 0.717) is 12.8 Å². The Morgan fingerprint density at radius 1 is 0.974 bits per heavy atom. The van der Waals surface area contributed by atoms with Gasteiger partial charge in [0.1, 0.15) is 18.0 Å². The van der Waals surface area contributed by atoms with Crippen LogP contribution in [0.3, 0.4) is 0 Å². The molecule has 2 fully saturated rings. The average Bonchev–Trinajstić information content (AvgIpc) is 2.92. The highest BCUT2D eigenvalue weighted by molar-refractivity contribution is 5.83. The minimum absolute atomic E-state index is 0.144. The largest absolute Gasteiger partial charge is 0.462 e. The number of nitrogens with one attached hydrogen (secondary N) is 1. The van der Waals surface area contributed by atoms with E-state index in [4.69, 9.17) is 18.9 Å². The van der Waals surface area contributed by atoms with Gasteiger partial charge in [0.05, 0.1) is 35.9 Å². The van der Waals surface area contributed by atoms with Crippen LogP contribution in [-0.4, -0.2) is 95.8 Å². The average molecular weight is 560 g/mol. The Morgan fingerprint density at radius 3 is 2.10 bits per heavy atom. The zero-order valence-corrected chi connectivity index (χ0v) is 25.4. The van der Waals surface area contributed by atoms with Crippen LogP contribution < -0.4 is 5.32 Å². The molecule has 0 bridgehead atoms. The van der Waals surface area contributed by atoms with E-state index in [0.717, 1.165) is 0 Å². The monoisotopic (exact) mass is 559 g/mol. The summed E-state index contributed by atoms with van der Waals surface area (Å²) < 4.78 is 24.2. The number of likely N-dealkylation sites (N-methyl/N-ethyl adjacent to an activating group) is 1. The summed E-state index contributed by atoms with van der Waals surface area (Å²) in [5, 5.41) is 36.6. The zero-order chi connectivity index (χ0) is 29.8. The Hall–Kier alpha value is -1.14. The Labute approximate surface area is 234 Å². The number of carbonyl (C=O) groups is 2. The fourth-order valence-electron chi connectivity index (χ4n) is 6.33. The van der Waals surface area contributed by atoms with Gasteiger partial charge in [-0.15, -0.1) is 0 Å². The summed E-state index contributed by atoms with van der Waals surface area (Å²) in [5.74, 6) is -4.03. The molecule has 10 heteroatoms. The molecule has 228 valence electrons. The number of cyclic esters (lactones) is 1. The van der Waals surface area contributed by atoms with Crippen molar-refractivity contribution in [3.8, 4) is 0 Å². The molecule has 0 spiro atoms. The molecule has 0 aromatic heterocycles. The Bertz CT molecular complexity index is 812. The minimum atomic E-state index is -1.19. The van der Waals surface area contributed by atoms with Gasteiger partial charge < -0.3 is 39.6 Å². The number of carbonyl (C=O) groups excluding carboxylic acids is 2. The molecule has 0 aromatic carbocycles. The Balaban J connectivity index is 2.56. The standard InChI is InChI=1S/C29H53NO9/c1-11-21-16(4)23(32)17(5)22(31)14(2)13-29(8,36-10)26(18(6)24(33)19(7)27(35)38-21)39-28-25(34)20(30-9)12-15(3)37-28/h14-21,23-26,28,30,32-34H,11-13H2,1-10H3/t14-,15-,16+,17+,18+,19-,20+,21-,23+,24+,25-,26-,28+,29+/m1/s1. The van der Waals surface area contributed by atoms with Gasteiger partial charge in [0.2, 0.25) is 0 Å². The highest BCUT2D eigenvalue weighted by atomic mass is 16.7. The maximum Gasteiger partial charge on any atom is 0.311 e. The predicted octanol–water partition coefficient (Wildman–Crippen LogP) is 2.06. The molecule has 10 nitrogen and oxygen atoms in total. The number of hydrogen-bond donors (Lipinski definition) is 4. The first-order chi connectivity index (χ1) is 18.1. The fourth-order valence-corrected chi connectivity index (χ4v) is 6.33. The fraction of sp³-hybridized carbons (Fsp3) is 0.931. The molecular formula is C29H53NO9. The lowest BCUT2D eigenvalue weighted by Crippen LogP contribution is -2.59. The van der Waals surface area contributed by atoms with Gasteiger partial charge in [-0.3, -0.25) is 9.59 Å². The van der Waals surface area contributed by atoms with Crippen LogP contribution >= 0.6 is 0 Å². The van der Waals surface area contributed by atoms with Gasteiger partial charge >= 0.3 is 5.97 Å². The summed E-state index contributed by atoms with van der Waals surface area (Å²) in [6.07, 6.45) is -4.67. The number of methoxy groups -OCH3 is 1. The number of aliphatic hydroxyl groups excluding tert-OH is 3. The number of rotatable bonds is 5. The van der Waals surface area contributed by atoms with Gasteiger partial charge in [-0.1, -0.05) is 34.6 Å². The molecule has 39 heavy (non-hydrogen) atoms. The van der Waals surface area contributed by atoms with E-state index in [1.807, 2.05) is 13.8 Å². The minimum Gasteiger partial charge on any atom is -0.462 e. The van der Waals surface area contributed by atoms with Gasteiger partial charge in [-0.25, -0.2) is 0 Å². The van der Waals surface area contributed by atoms with Gasteiger partial charge in [0.15, 0.2) is 6.29 Å². The maximum absolute atomic E-state index is 13.5. The number of esters is 1. The van der Waals surface area contributed by atoms with Crippen molar-refractivity contribution in [1.82, 2.24) is 5.32 Å². The van der Waals surface area contributed by atoms with Gasteiger partial charge in [0.25, 0.3) is 0 Å². The molecule has 2 heterocycles. The van der Waals surface area contributed by atoms with Gasteiger partial charge in [-0.2, -0.15) is 0 Å². The highest BCUT2D eigenvalue weighted by Crippen LogP contribution is 2.38. The van der Waals surface area contributed by atoms with Crippen molar-refractivity contribution in [2.45, 2.75) is 129 Å². The van der Waals surface area contributed by atoms with Crippen molar-refractivity contribution >= 4 is 11.8 Å². The van der Waals surface area contributed by atoms with E-state index in [1.165, 1.54) is 7.11 Å². The van der Waals surface area contributed by atoms with Crippen molar-refractivity contribution in [2.75, 3.05) is 14.2 Å². The first-order valence-corrected chi connectivity index (χ1v) is 14.4. The van der Waals surface area contributed by atoms with E-state index >= 15 is 0 Å². The van der Waals surface area contributed by atoms with Crippen molar-refractivity contribution in [2.24, 2.45) is 29.6 Å². The smallest absolute Gasteiger partial charge is 0.311 e. The third-order valence-electron chi connectivity index (χ3n) is 9.22. The van der Waals surface area contributed by atoms with Crippen molar-refractivity contribution in [1.29, 1.82) is 0 Å². The van der Waals surface area contributed by atoms with Crippen LogP contribution in [0, 0.1) is 29.6 Å². The van der Waals surface area contributed by atoms with Crippen LogP contribution in [0.15, 0.2) is 0 Å². The number of aliphatic hydroxyl groups is 3. The Morgan fingerprint density at radius 2 is 1.56 bits per heavy atom. The second-order valence-electron chi connectivity index (χ2n) is 12.2. The van der Waals surface area contributed by atoms with E-state index < -0.39 is 78.0 Å². The van der Waals surface area contributed by atoms with Gasteiger partial charge in [-0.05, 0) is 47.1 Å². The lowest BCUT2D eigenvalue weighted by Gasteiger charge is -2.47. The van der Waals surface area contributed by atoms with Crippen molar-refractivity contribution in [3.05, 3.63) is 0 Å². The summed E-state index contributed by atoms with van der Waals surface area (Å²) >= 11 is 0. The van der Waals surface area contributed by atoms with Crippen LogP contribution in [-0.2, 0) is 28.5 Å². The normalized spacial score (nSPS) is 47.4. The molecule has 0 aromatic rings. The number of ketones is 1. The number of ether oxygens (including phenoxy) is 4. The lowest BCUT2D eigenvalue weighted by molar-refractivity contribution is -0.296. The molecular weight excluding hydrogens is 506 g/mol. The molecule has 0 radical (unpaired) electrons. The van der Waals surface area contributed by atoms with E-state index in [1.54, 1.807) is 48.6 Å². The topological polar surface area (TPSA) is 144 Å². The molecule has 2 saturated heterocycles. The molecule has 2 aliphatic heterocycles. The Kier molecular flexibility index (Phi) is 12.4. The van der Waals surface area contributed by atoms with E-state index in [2.05, 4.69) is 5.32 Å². The molecule has 2 rings (SSSR count). The molecule has 2 aliphatic rings.